The van der Waals surface area contributed by atoms with Crippen molar-refractivity contribution < 1.29 is 4.39 Å². The molecule has 0 aliphatic carbocycles. The molecule has 3 heteroatoms. The predicted octanol–water partition coefficient (Wildman–Crippen LogP) is 4.99. The van der Waals surface area contributed by atoms with Crippen molar-refractivity contribution in [2.45, 2.75) is 33.2 Å². The van der Waals surface area contributed by atoms with E-state index < -0.39 is 0 Å². The van der Waals surface area contributed by atoms with Gasteiger partial charge in [-0.15, -0.1) is 0 Å². The summed E-state index contributed by atoms with van der Waals surface area (Å²) in [5.74, 6) is -0.211. The predicted molar refractivity (Wildman–Crippen MR) is 87.4 cm³/mol. The molecule has 0 saturated heterocycles. The summed E-state index contributed by atoms with van der Waals surface area (Å²) in [6.45, 7) is 7.00. The lowest BCUT2D eigenvalue weighted by Gasteiger charge is -2.21. The first-order valence-corrected chi connectivity index (χ1v) is 7.64. The molecule has 0 fully saturated rings. The summed E-state index contributed by atoms with van der Waals surface area (Å²) in [6, 6.07) is 10.9. The first-order chi connectivity index (χ1) is 10.0. The van der Waals surface area contributed by atoms with Gasteiger partial charge in [-0.2, -0.15) is 0 Å². The molecule has 0 saturated carbocycles. The van der Waals surface area contributed by atoms with Crippen molar-refractivity contribution >= 4 is 11.6 Å². The van der Waals surface area contributed by atoms with Crippen LogP contribution < -0.4 is 5.32 Å². The molecule has 0 aliphatic rings. The van der Waals surface area contributed by atoms with E-state index in [9.17, 15) is 4.39 Å². The van der Waals surface area contributed by atoms with Gasteiger partial charge in [-0.1, -0.05) is 36.7 Å². The quantitative estimate of drug-likeness (QED) is 0.820. The van der Waals surface area contributed by atoms with Crippen molar-refractivity contribution in [3.8, 4) is 0 Å². The van der Waals surface area contributed by atoms with Gasteiger partial charge in [0.15, 0.2) is 0 Å². The van der Waals surface area contributed by atoms with E-state index in [0.717, 1.165) is 13.0 Å². The molecule has 0 aromatic heterocycles. The van der Waals surface area contributed by atoms with Crippen molar-refractivity contribution in [3.63, 3.8) is 0 Å². The average molecular weight is 306 g/mol. The summed E-state index contributed by atoms with van der Waals surface area (Å²) in [6.07, 6.45) is 0.754. The molecule has 2 rings (SSSR count). The topological polar surface area (TPSA) is 12.0 Å². The van der Waals surface area contributed by atoms with E-state index in [4.69, 9.17) is 11.6 Å². The van der Waals surface area contributed by atoms with E-state index in [-0.39, 0.29) is 11.9 Å². The third-order valence-corrected chi connectivity index (χ3v) is 4.07. The Morgan fingerprint density at radius 3 is 2.43 bits per heavy atom. The summed E-state index contributed by atoms with van der Waals surface area (Å²) < 4.78 is 14.1. The van der Waals surface area contributed by atoms with Gasteiger partial charge < -0.3 is 5.32 Å². The second-order valence-corrected chi connectivity index (χ2v) is 5.79. The van der Waals surface area contributed by atoms with Crippen molar-refractivity contribution in [2.75, 3.05) is 6.54 Å². The summed E-state index contributed by atoms with van der Waals surface area (Å²) >= 11 is 6.03. The maximum atomic E-state index is 14.1. The van der Waals surface area contributed by atoms with Crippen LogP contribution >= 0.6 is 11.6 Å². The minimum Gasteiger partial charge on any atom is -0.310 e. The van der Waals surface area contributed by atoms with E-state index in [0.29, 0.717) is 10.6 Å². The molecule has 1 atom stereocenters. The van der Waals surface area contributed by atoms with Gasteiger partial charge in [0.25, 0.3) is 0 Å². The summed E-state index contributed by atoms with van der Waals surface area (Å²) in [7, 11) is 0. The number of likely N-dealkylation sites (N-methyl/N-ethyl adjacent to an activating group) is 1. The number of nitrogens with one attached hydrogen (secondary N) is 1. The first kappa shape index (κ1) is 16.0. The van der Waals surface area contributed by atoms with E-state index in [1.807, 2.05) is 6.92 Å². The van der Waals surface area contributed by atoms with Crippen LogP contribution in [-0.4, -0.2) is 6.54 Å². The number of rotatable bonds is 5. The van der Waals surface area contributed by atoms with Gasteiger partial charge in [-0.3, -0.25) is 0 Å². The van der Waals surface area contributed by atoms with Gasteiger partial charge in [0.2, 0.25) is 0 Å². The normalized spacial score (nSPS) is 12.4. The molecular formula is C18H21ClFN. The first-order valence-electron chi connectivity index (χ1n) is 7.26. The number of halogens is 2. The monoisotopic (exact) mass is 305 g/mol. The van der Waals surface area contributed by atoms with Crippen LogP contribution in [0, 0.1) is 19.7 Å². The zero-order chi connectivity index (χ0) is 15.4. The molecular weight excluding hydrogens is 285 g/mol. The second kappa shape index (κ2) is 7.06. The lowest BCUT2D eigenvalue weighted by Crippen LogP contribution is -2.24. The Morgan fingerprint density at radius 2 is 1.81 bits per heavy atom. The third-order valence-electron chi connectivity index (χ3n) is 3.84. The maximum absolute atomic E-state index is 14.1. The number of aryl methyl sites for hydroxylation is 2. The minimum absolute atomic E-state index is 0.0755. The molecule has 21 heavy (non-hydrogen) atoms. The van der Waals surface area contributed by atoms with Crippen LogP contribution in [0.25, 0.3) is 0 Å². The van der Waals surface area contributed by atoms with Crippen molar-refractivity contribution in [1.82, 2.24) is 5.32 Å². The summed E-state index contributed by atoms with van der Waals surface area (Å²) in [5.41, 5.74) is 4.37. The van der Waals surface area contributed by atoms with Crippen LogP contribution in [-0.2, 0) is 6.42 Å². The molecule has 2 aromatic rings. The molecule has 1 nitrogen and oxygen atoms in total. The summed E-state index contributed by atoms with van der Waals surface area (Å²) in [5, 5.41) is 3.94. The molecule has 1 N–H and O–H groups in total. The fourth-order valence-electron chi connectivity index (χ4n) is 2.70. The van der Waals surface area contributed by atoms with Gasteiger partial charge in [0.1, 0.15) is 5.82 Å². The highest BCUT2D eigenvalue weighted by molar-refractivity contribution is 6.30. The lowest BCUT2D eigenvalue weighted by atomic mass is 9.92. The van der Waals surface area contributed by atoms with Crippen molar-refractivity contribution in [2.24, 2.45) is 0 Å². The smallest absolute Gasteiger partial charge is 0.128 e. The fourth-order valence-corrected chi connectivity index (χ4v) is 2.88. The van der Waals surface area contributed by atoms with Crippen LogP contribution in [0.1, 0.15) is 35.2 Å². The van der Waals surface area contributed by atoms with Gasteiger partial charge in [0.05, 0.1) is 0 Å². The Balaban J connectivity index is 2.38. The largest absolute Gasteiger partial charge is 0.310 e. The fraction of sp³-hybridized carbons (Fsp3) is 0.333. The molecule has 0 amide bonds. The molecule has 2 aromatic carbocycles. The lowest BCUT2D eigenvalue weighted by molar-refractivity contribution is 0.508. The molecule has 0 radical (unpaired) electrons. The SMILES string of the molecule is CCNC(Cc1c(C)cccc1C)c1cc(Cl)ccc1F. The van der Waals surface area contributed by atoms with E-state index in [2.05, 4.69) is 37.4 Å². The minimum atomic E-state index is -0.211. The van der Waals surface area contributed by atoms with Crippen LogP contribution in [0.5, 0.6) is 0 Å². The Kier molecular flexibility index (Phi) is 5.38. The van der Waals surface area contributed by atoms with Crippen LogP contribution in [0.4, 0.5) is 4.39 Å². The van der Waals surface area contributed by atoms with E-state index in [1.54, 1.807) is 12.1 Å². The number of hydrogen-bond donors (Lipinski definition) is 1. The van der Waals surface area contributed by atoms with E-state index >= 15 is 0 Å². The van der Waals surface area contributed by atoms with Gasteiger partial charge in [-0.05, 0) is 61.7 Å². The molecule has 0 bridgehead atoms. The number of hydrogen-bond acceptors (Lipinski definition) is 1. The highest BCUT2D eigenvalue weighted by Crippen LogP contribution is 2.27. The van der Waals surface area contributed by atoms with Gasteiger partial charge in [-0.25, -0.2) is 4.39 Å². The van der Waals surface area contributed by atoms with E-state index in [1.165, 1.54) is 22.8 Å². The Morgan fingerprint density at radius 1 is 1.14 bits per heavy atom. The second-order valence-electron chi connectivity index (χ2n) is 5.35. The average Bonchev–Trinajstić information content (AvgIpc) is 2.44. The molecule has 0 aliphatic heterocycles. The Labute approximate surface area is 131 Å². The molecule has 0 spiro atoms. The molecule has 1 unspecified atom stereocenters. The highest BCUT2D eigenvalue weighted by Gasteiger charge is 2.17. The van der Waals surface area contributed by atoms with Crippen molar-refractivity contribution in [1.29, 1.82) is 0 Å². The van der Waals surface area contributed by atoms with Gasteiger partial charge in [0, 0.05) is 16.6 Å². The van der Waals surface area contributed by atoms with Crippen LogP contribution in [0.15, 0.2) is 36.4 Å². The highest BCUT2D eigenvalue weighted by atomic mass is 35.5. The third kappa shape index (κ3) is 3.84. The van der Waals surface area contributed by atoms with Crippen LogP contribution in [0.3, 0.4) is 0 Å². The summed E-state index contributed by atoms with van der Waals surface area (Å²) in [4.78, 5) is 0. The zero-order valence-electron chi connectivity index (χ0n) is 12.7. The molecule has 0 heterocycles. The van der Waals surface area contributed by atoms with Crippen molar-refractivity contribution in [3.05, 3.63) is 69.5 Å². The Bertz CT molecular complexity index is 604. The maximum Gasteiger partial charge on any atom is 0.128 e. The number of benzene rings is 2. The molecule has 112 valence electrons. The van der Waals surface area contributed by atoms with Crippen LogP contribution in [0.2, 0.25) is 5.02 Å². The van der Waals surface area contributed by atoms with Gasteiger partial charge >= 0.3 is 0 Å². The Hall–Kier alpha value is -1.38. The standard InChI is InChI=1S/C18H21ClFN/c1-4-21-18(16-10-14(19)8-9-17(16)20)11-15-12(2)6-5-7-13(15)3/h5-10,18,21H,4,11H2,1-3H3. The zero-order valence-corrected chi connectivity index (χ0v) is 13.5.